The van der Waals surface area contributed by atoms with Crippen LogP contribution in [0.25, 0.3) is 0 Å². The molecule has 0 saturated heterocycles. The average Bonchev–Trinajstić information content (AvgIpc) is 2.42. The molecular formula is C15H17ClN2O. The quantitative estimate of drug-likeness (QED) is 0.861. The van der Waals surface area contributed by atoms with Crippen LogP contribution in [0.3, 0.4) is 0 Å². The Morgan fingerprint density at radius 3 is 2.37 bits per heavy atom. The van der Waals surface area contributed by atoms with E-state index in [2.05, 4.69) is 4.90 Å². The van der Waals surface area contributed by atoms with Crippen LogP contribution in [-0.4, -0.2) is 14.2 Å². The number of aryl methyl sites for hydroxylation is 1. The molecule has 0 radical (unpaired) electrons. The van der Waals surface area contributed by atoms with Crippen molar-refractivity contribution >= 4 is 28.7 Å². The van der Waals surface area contributed by atoms with E-state index in [4.69, 9.17) is 22.1 Å². The third kappa shape index (κ3) is 2.76. The summed E-state index contributed by atoms with van der Waals surface area (Å²) in [6, 6.07) is 11.6. The zero-order valence-corrected chi connectivity index (χ0v) is 12.0. The molecule has 0 amide bonds. The number of benzene rings is 2. The summed E-state index contributed by atoms with van der Waals surface area (Å²) in [5.74, 6) is 0.837. The molecule has 4 heteroatoms. The first-order valence-electron chi connectivity index (χ1n) is 5.96. The Morgan fingerprint density at radius 2 is 1.79 bits per heavy atom. The molecule has 0 fully saturated rings. The highest BCUT2D eigenvalue weighted by Crippen LogP contribution is 2.33. The first-order chi connectivity index (χ1) is 9.02. The number of anilines is 3. The lowest BCUT2D eigenvalue weighted by atomic mass is 10.1. The maximum atomic E-state index is 6.09. The van der Waals surface area contributed by atoms with Gasteiger partial charge in [-0.1, -0.05) is 11.6 Å². The molecule has 0 bridgehead atoms. The third-order valence-corrected chi connectivity index (χ3v) is 3.46. The first-order valence-corrected chi connectivity index (χ1v) is 6.34. The van der Waals surface area contributed by atoms with Gasteiger partial charge in [0.15, 0.2) is 0 Å². The summed E-state index contributed by atoms with van der Waals surface area (Å²) in [6.07, 6.45) is 0. The van der Waals surface area contributed by atoms with Gasteiger partial charge >= 0.3 is 0 Å². The number of rotatable bonds is 3. The highest BCUT2D eigenvalue weighted by atomic mass is 35.5. The van der Waals surface area contributed by atoms with Gasteiger partial charge in [-0.2, -0.15) is 0 Å². The van der Waals surface area contributed by atoms with Crippen molar-refractivity contribution in [2.45, 2.75) is 6.92 Å². The van der Waals surface area contributed by atoms with Crippen molar-refractivity contribution in [3.63, 3.8) is 0 Å². The number of nitrogen functional groups attached to an aromatic ring is 1. The highest BCUT2D eigenvalue weighted by molar-refractivity contribution is 6.33. The van der Waals surface area contributed by atoms with Gasteiger partial charge in [0.25, 0.3) is 0 Å². The number of nitrogens with zero attached hydrogens (tertiary/aromatic N) is 1. The van der Waals surface area contributed by atoms with Crippen LogP contribution in [0.2, 0.25) is 5.02 Å². The topological polar surface area (TPSA) is 38.5 Å². The lowest BCUT2D eigenvalue weighted by molar-refractivity contribution is 0.415. The zero-order valence-electron chi connectivity index (χ0n) is 11.3. The molecule has 2 N–H and O–H groups in total. The second-order valence-electron chi connectivity index (χ2n) is 4.42. The fraction of sp³-hybridized carbons (Fsp3) is 0.200. The number of hydrogen-bond donors (Lipinski definition) is 1. The summed E-state index contributed by atoms with van der Waals surface area (Å²) in [5.41, 5.74) is 9.58. The molecule has 2 rings (SSSR count). The maximum Gasteiger partial charge on any atom is 0.119 e. The SMILES string of the molecule is COc1ccc(N(C)c2cc(Cl)c(N)cc2C)cc1. The minimum absolute atomic E-state index is 0.570. The zero-order chi connectivity index (χ0) is 14.0. The van der Waals surface area contributed by atoms with E-state index in [1.165, 1.54) is 0 Å². The second-order valence-corrected chi connectivity index (χ2v) is 4.82. The molecule has 2 aromatic carbocycles. The van der Waals surface area contributed by atoms with Crippen molar-refractivity contribution in [2.75, 3.05) is 24.8 Å². The Hall–Kier alpha value is -1.87. The molecule has 100 valence electrons. The molecule has 3 nitrogen and oxygen atoms in total. The van der Waals surface area contributed by atoms with E-state index < -0.39 is 0 Å². The fourth-order valence-electron chi connectivity index (χ4n) is 2.00. The Balaban J connectivity index is 2.37. The van der Waals surface area contributed by atoms with Gasteiger partial charge in [-0.15, -0.1) is 0 Å². The lowest BCUT2D eigenvalue weighted by Crippen LogP contribution is -2.11. The second kappa shape index (κ2) is 5.41. The van der Waals surface area contributed by atoms with Crippen molar-refractivity contribution in [3.8, 4) is 5.75 Å². The van der Waals surface area contributed by atoms with Gasteiger partial charge in [-0.05, 0) is 48.9 Å². The monoisotopic (exact) mass is 276 g/mol. The standard InChI is InChI=1S/C15H17ClN2O/c1-10-8-14(17)13(16)9-15(10)18(2)11-4-6-12(19-3)7-5-11/h4-9H,17H2,1-3H3. The van der Waals surface area contributed by atoms with Gasteiger partial charge in [0.2, 0.25) is 0 Å². The minimum Gasteiger partial charge on any atom is -0.497 e. The largest absolute Gasteiger partial charge is 0.497 e. The summed E-state index contributed by atoms with van der Waals surface area (Å²) in [5, 5.41) is 0.570. The molecule has 0 heterocycles. The van der Waals surface area contributed by atoms with Gasteiger partial charge in [-0.25, -0.2) is 0 Å². The average molecular weight is 277 g/mol. The number of hydrogen-bond acceptors (Lipinski definition) is 3. The Morgan fingerprint density at radius 1 is 1.16 bits per heavy atom. The summed E-state index contributed by atoms with van der Waals surface area (Å²) in [7, 11) is 3.65. The third-order valence-electron chi connectivity index (χ3n) is 3.14. The van der Waals surface area contributed by atoms with E-state index >= 15 is 0 Å². The predicted octanol–water partition coefficient (Wildman–Crippen LogP) is 4.01. The van der Waals surface area contributed by atoms with Crippen molar-refractivity contribution in [1.29, 1.82) is 0 Å². The van der Waals surface area contributed by atoms with Crippen LogP contribution in [0.1, 0.15) is 5.56 Å². The van der Waals surface area contributed by atoms with Gasteiger partial charge in [0, 0.05) is 18.4 Å². The van der Waals surface area contributed by atoms with E-state index in [1.54, 1.807) is 7.11 Å². The van der Waals surface area contributed by atoms with E-state index in [0.717, 1.165) is 22.7 Å². The van der Waals surface area contributed by atoms with Gasteiger partial charge in [0.1, 0.15) is 5.75 Å². The smallest absolute Gasteiger partial charge is 0.119 e. The fourth-order valence-corrected chi connectivity index (χ4v) is 2.16. The Kier molecular flexibility index (Phi) is 3.86. The van der Waals surface area contributed by atoms with Crippen molar-refractivity contribution < 1.29 is 4.74 Å². The summed E-state index contributed by atoms with van der Waals surface area (Å²) >= 11 is 6.09. The molecule has 0 aliphatic rings. The summed E-state index contributed by atoms with van der Waals surface area (Å²) in [6.45, 7) is 2.02. The van der Waals surface area contributed by atoms with Gasteiger partial charge in [-0.3, -0.25) is 0 Å². The number of ether oxygens (including phenoxy) is 1. The van der Waals surface area contributed by atoms with Crippen molar-refractivity contribution in [2.24, 2.45) is 0 Å². The first kappa shape index (κ1) is 13.6. The molecule has 0 aromatic heterocycles. The van der Waals surface area contributed by atoms with Gasteiger partial charge in [0.05, 0.1) is 17.8 Å². The normalized spacial score (nSPS) is 10.3. The molecule has 2 aromatic rings. The van der Waals surface area contributed by atoms with Crippen LogP contribution in [0.15, 0.2) is 36.4 Å². The van der Waals surface area contributed by atoms with Crippen LogP contribution in [-0.2, 0) is 0 Å². The summed E-state index contributed by atoms with van der Waals surface area (Å²) in [4.78, 5) is 2.07. The minimum atomic E-state index is 0.570. The van der Waals surface area contributed by atoms with E-state index in [1.807, 2.05) is 50.4 Å². The highest BCUT2D eigenvalue weighted by Gasteiger charge is 2.10. The number of halogens is 1. The van der Waals surface area contributed by atoms with Crippen LogP contribution >= 0.6 is 11.6 Å². The molecule has 0 aliphatic carbocycles. The molecule has 0 atom stereocenters. The maximum absolute atomic E-state index is 6.09. The molecular weight excluding hydrogens is 260 g/mol. The van der Waals surface area contributed by atoms with Crippen LogP contribution < -0.4 is 15.4 Å². The molecule has 0 aliphatic heterocycles. The molecule has 0 saturated carbocycles. The van der Waals surface area contributed by atoms with E-state index in [-0.39, 0.29) is 0 Å². The van der Waals surface area contributed by atoms with Crippen LogP contribution in [0.5, 0.6) is 5.75 Å². The van der Waals surface area contributed by atoms with Crippen LogP contribution in [0.4, 0.5) is 17.1 Å². The molecule has 0 spiro atoms. The number of nitrogens with two attached hydrogens (primary N) is 1. The molecule has 19 heavy (non-hydrogen) atoms. The van der Waals surface area contributed by atoms with Crippen molar-refractivity contribution in [3.05, 3.63) is 47.0 Å². The van der Waals surface area contributed by atoms with E-state index in [0.29, 0.717) is 10.7 Å². The van der Waals surface area contributed by atoms with Crippen molar-refractivity contribution in [1.82, 2.24) is 0 Å². The van der Waals surface area contributed by atoms with E-state index in [9.17, 15) is 0 Å². The molecule has 0 unspecified atom stereocenters. The Bertz CT molecular complexity index is 581. The number of methoxy groups -OCH3 is 1. The Labute approximate surface area is 118 Å². The van der Waals surface area contributed by atoms with Crippen LogP contribution in [0, 0.1) is 6.92 Å². The predicted molar refractivity (Wildman–Crippen MR) is 81.7 cm³/mol. The lowest BCUT2D eigenvalue weighted by Gasteiger charge is -2.22. The van der Waals surface area contributed by atoms with Gasteiger partial charge < -0.3 is 15.4 Å². The summed E-state index contributed by atoms with van der Waals surface area (Å²) < 4.78 is 5.16.